The van der Waals surface area contributed by atoms with Crippen molar-refractivity contribution in [3.8, 4) is 5.75 Å². The van der Waals surface area contributed by atoms with Crippen molar-refractivity contribution >= 4 is 32.7 Å². The highest BCUT2D eigenvalue weighted by Crippen LogP contribution is 2.30. The van der Waals surface area contributed by atoms with Crippen molar-refractivity contribution in [3.05, 3.63) is 64.1 Å². The van der Waals surface area contributed by atoms with Crippen LogP contribution in [0.15, 0.2) is 51.7 Å². The van der Waals surface area contributed by atoms with E-state index in [0.29, 0.717) is 17.9 Å². The third kappa shape index (κ3) is 3.36. The van der Waals surface area contributed by atoms with E-state index in [4.69, 9.17) is 9.15 Å². The molecule has 1 aliphatic carbocycles. The number of hydrogen-bond donors (Lipinski definition) is 0. The smallest absolute Gasteiger partial charge is 0.347 e. The number of Topliss-reactive ketones (excluding diaryl/α,β-unsaturated/α-hetero) is 1. The molecule has 0 saturated carbocycles. The molecule has 1 aromatic heterocycles. The van der Waals surface area contributed by atoms with E-state index in [2.05, 4.69) is 28.1 Å². The summed E-state index contributed by atoms with van der Waals surface area (Å²) in [6.07, 6.45) is 8.95. The Hall–Kier alpha value is -2.14. The normalized spacial score (nSPS) is 19.6. The molecule has 1 heterocycles. The second kappa shape index (κ2) is 6.40. The average Bonchev–Trinajstić information content (AvgIpc) is 2.53. The minimum Gasteiger partial charge on any atom is -0.492 e. The average molecular weight is 389 g/mol. The molecular weight excluding hydrogens is 372 g/mol. The quantitative estimate of drug-likeness (QED) is 0.444. The molecule has 0 fully saturated rings. The third-order valence-electron chi connectivity index (χ3n) is 3.99. The lowest BCUT2D eigenvalue weighted by molar-refractivity contribution is 0.101. The Morgan fingerprint density at radius 1 is 1.33 bits per heavy atom. The highest BCUT2D eigenvalue weighted by molar-refractivity contribution is 9.10. The van der Waals surface area contributed by atoms with Crippen molar-refractivity contribution in [2.45, 2.75) is 24.6 Å². The molecule has 1 unspecified atom stereocenters. The SMILES string of the molecule is CC(=O)c1cc2c(C)cc(OCC3(Br)C=CC=CC3)cc2oc1=O. The molecule has 124 valence electrons. The zero-order valence-corrected chi connectivity index (χ0v) is 15.1. The van der Waals surface area contributed by atoms with E-state index in [-0.39, 0.29) is 15.7 Å². The number of carbonyl (C=O) groups excluding carboxylic acids is 1. The maximum absolute atomic E-state index is 11.9. The van der Waals surface area contributed by atoms with Crippen LogP contribution in [0.4, 0.5) is 0 Å². The molecule has 2 aromatic rings. The molecule has 0 saturated heterocycles. The van der Waals surface area contributed by atoms with E-state index in [1.807, 2.05) is 25.1 Å². The van der Waals surface area contributed by atoms with Crippen LogP contribution in [0.5, 0.6) is 5.75 Å². The number of aryl methyl sites for hydroxylation is 1. The standard InChI is InChI=1S/C19H17BrO4/c1-12-8-14(23-11-19(20)6-4-3-5-7-19)9-17-15(12)10-16(13(2)21)18(22)24-17/h3-6,8-10H,7,11H2,1-2H3. The Labute approximate surface area is 147 Å². The van der Waals surface area contributed by atoms with Crippen LogP contribution in [0.25, 0.3) is 11.0 Å². The van der Waals surface area contributed by atoms with Gasteiger partial charge in [-0.1, -0.05) is 40.2 Å². The summed E-state index contributed by atoms with van der Waals surface area (Å²) in [5.74, 6) is 0.323. The van der Waals surface area contributed by atoms with Crippen LogP contribution in [-0.2, 0) is 0 Å². The molecule has 1 aromatic carbocycles. The minimum atomic E-state index is -0.621. The van der Waals surface area contributed by atoms with E-state index in [9.17, 15) is 9.59 Å². The predicted molar refractivity (Wildman–Crippen MR) is 97.3 cm³/mol. The van der Waals surface area contributed by atoms with E-state index in [1.165, 1.54) is 6.92 Å². The first-order chi connectivity index (χ1) is 11.4. The number of hydrogen-bond acceptors (Lipinski definition) is 4. The predicted octanol–water partition coefficient (Wildman–Crippen LogP) is 4.33. The molecule has 0 N–H and O–H groups in total. The fourth-order valence-corrected chi connectivity index (χ4v) is 3.09. The van der Waals surface area contributed by atoms with Crippen molar-refractivity contribution in [2.75, 3.05) is 6.61 Å². The van der Waals surface area contributed by atoms with Gasteiger partial charge < -0.3 is 9.15 Å². The van der Waals surface area contributed by atoms with E-state index < -0.39 is 5.63 Å². The zero-order chi connectivity index (χ0) is 17.3. The van der Waals surface area contributed by atoms with Gasteiger partial charge in [-0.15, -0.1) is 0 Å². The fourth-order valence-electron chi connectivity index (χ4n) is 2.64. The summed E-state index contributed by atoms with van der Waals surface area (Å²) < 4.78 is 11.0. The first kappa shape index (κ1) is 16.7. The first-order valence-electron chi connectivity index (χ1n) is 7.63. The monoisotopic (exact) mass is 388 g/mol. The van der Waals surface area contributed by atoms with Crippen LogP contribution in [-0.4, -0.2) is 16.7 Å². The molecule has 0 radical (unpaired) electrons. The van der Waals surface area contributed by atoms with Gasteiger partial charge in [0, 0.05) is 11.5 Å². The minimum absolute atomic E-state index is 0.0674. The molecule has 5 heteroatoms. The van der Waals surface area contributed by atoms with Crippen LogP contribution in [0, 0.1) is 6.92 Å². The molecule has 1 atom stereocenters. The van der Waals surface area contributed by atoms with Crippen molar-refractivity contribution in [3.63, 3.8) is 0 Å². The Kier molecular flexibility index (Phi) is 4.45. The molecule has 3 rings (SSSR count). The number of ether oxygens (including phenoxy) is 1. The van der Waals surface area contributed by atoms with Crippen LogP contribution < -0.4 is 10.4 Å². The number of fused-ring (bicyclic) bond motifs is 1. The van der Waals surface area contributed by atoms with Crippen LogP contribution in [0.1, 0.15) is 29.3 Å². The van der Waals surface area contributed by atoms with Crippen LogP contribution >= 0.6 is 15.9 Å². The summed E-state index contributed by atoms with van der Waals surface area (Å²) in [6, 6.07) is 5.15. The van der Waals surface area contributed by atoms with Gasteiger partial charge in [0.1, 0.15) is 23.5 Å². The van der Waals surface area contributed by atoms with Crippen molar-refractivity contribution in [1.82, 2.24) is 0 Å². The molecule has 0 amide bonds. The molecule has 0 aliphatic heterocycles. The molecular formula is C19H17BrO4. The summed E-state index contributed by atoms with van der Waals surface area (Å²) in [4.78, 5) is 23.4. The maximum Gasteiger partial charge on any atom is 0.347 e. The van der Waals surface area contributed by atoms with Crippen molar-refractivity contribution < 1.29 is 13.9 Å². The van der Waals surface area contributed by atoms with Gasteiger partial charge >= 0.3 is 5.63 Å². The number of benzene rings is 1. The Balaban J connectivity index is 1.92. The Morgan fingerprint density at radius 3 is 2.79 bits per heavy atom. The van der Waals surface area contributed by atoms with Gasteiger partial charge in [0.25, 0.3) is 0 Å². The van der Waals surface area contributed by atoms with E-state index in [0.717, 1.165) is 17.4 Å². The highest BCUT2D eigenvalue weighted by atomic mass is 79.9. The van der Waals surface area contributed by atoms with Crippen molar-refractivity contribution in [2.24, 2.45) is 0 Å². The molecule has 4 nitrogen and oxygen atoms in total. The van der Waals surface area contributed by atoms with Gasteiger partial charge in [0.15, 0.2) is 5.78 Å². The van der Waals surface area contributed by atoms with Gasteiger partial charge in [0.05, 0.1) is 4.32 Å². The number of alkyl halides is 1. The third-order valence-corrected chi connectivity index (χ3v) is 4.81. The largest absolute Gasteiger partial charge is 0.492 e. The van der Waals surface area contributed by atoms with Crippen LogP contribution in [0.3, 0.4) is 0 Å². The molecule has 0 bridgehead atoms. The number of allylic oxidation sites excluding steroid dienone is 3. The number of carbonyl (C=O) groups is 1. The van der Waals surface area contributed by atoms with Crippen LogP contribution in [0.2, 0.25) is 0 Å². The number of halogens is 1. The van der Waals surface area contributed by atoms with Gasteiger partial charge in [-0.3, -0.25) is 4.79 Å². The summed E-state index contributed by atoms with van der Waals surface area (Å²) in [5, 5.41) is 0.737. The fraction of sp³-hybridized carbons (Fsp3) is 0.263. The maximum atomic E-state index is 11.9. The molecule has 24 heavy (non-hydrogen) atoms. The second-order valence-corrected chi connectivity index (χ2v) is 7.55. The topological polar surface area (TPSA) is 56.5 Å². The van der Waals surface area contributed by atoms with Gasteiger partial charge in [-0.2, -0.15) is 0 Å². The summed E-state index contributed by atoms with van der Waals surface area (Å²) in [7, 11) is 0. The summed E-state index contributed by atoms with van der Waals surface area (Å²) >= 11 is 3.68. The lowest BCUT2D eigenvalue weighted by atomic mass is 10.0. The Morgan fingerprint density at radius 2 is 2.12 bits per heavy atom. The number of rotatable bonds is 4. The lowest BCUT2D eigenvalue weighted by Crippen LogP contribution is -2.27. The van der Waals surface area contributed by atoms with E-state index in [1.54, 1.807) is 12.1 Å². The Bertz CT molecular complexity index is 923. The van der Waals surface area contributed by atoms with Gasteiger partial charge in [-0.25, -0.2) is 4.79 Å². The first-order valence-corrected chi connectivity index (χ1v) is 8.43. The van der Waals surface area contributed by atoms with Gasteiger partial charge in [-0.05, 0) is 38.0 Å². The van der Waals surface area contributed by atoms with E-state index >= 15 is 0 Å². The highest BCUT2D eigenvalue weighted by Gasteiger charge is 2.24. The summed E-state index contributed by atoms with van der Waals surface area (Å²) in [6.45, 7) is 3.70. The zero-order valence-electron chi connectivity index (χ0n) is 13.5. The van der Waals surface area contributed by atoms with Crippen molar-refractivity contribution in [1.29, 1.82) is 0 Å². The molecule has 0 spiro atoms. The molecule has 1 aliphatic rings. The lowest BCUT2D eigenvalue weighted by Gasteiger charge is -2.24. The summed E-state index contributed by atoms with van der Waals surface area (Å²) in [5.41, 5.74) is 0.751. The number of ketones is 1. The second-order valence-electron chi connectivity index (χ2n) is 5.97. The van der Waals surface area contributed by atoms with Gasteiger partial charge in [0.2, 0.25) is 0 Å².